The highest BCUT2D eigenvalue weighted by Crippen LogP contribution is 2.21. The van der Waals surface area contributed by atoms with Crippen LogP contribution < -0.4 is 5.56 Å². The number of aryl methyl sites for hydroxylation is 1. The molecule has 0 atom stereocenters. The van der Waals surface area contributed by atoms with E-state index in [9.17, 15) is 22.4 Å². The number of carbonyl (C=O) groups is 1. The highest BCUT2D eigenvalue weighted by atomic mass is 32.2. The molecule has 3 aromatic rings. The molecule has 0 spiro atoms. The predicted molar refractivity (Wildman–Crippen MR) is 132 cm³/mol. The molecule has 7 nitrogen and oxygen atoms in total. The molecule has 35 heavy (non-hydrogen) atoms. The monoisotopic (exact) mass is 499 g/mol. The summed E-state index contributed by atoms with van der Waals surface area (Å²) in [6.45, 7) is 4.85. The van der Waals surface area contributed by atoms with Gasteiger partial charge >= 0.3 is 0 Å². The maximum absolute atomic E-state index is 13.2. The van der Waals surface area contributed by atoms with Crippen LogP contribution in [0.4, 0.5) is 4.39 Å². The summed E-state index contributed by atoms with van der Waals surface area (Å²) in [4.78, 5) is 25.7. The second-order valence-corrected chi connectivity index (χ2v) is 11.0. The van der Waals surface area contributed by atoms with Crippen LogP contribution in [0.2, 0.25) is 0 Å². The minimum atomic E-state index is -3.74. The van der Waals surface area contributed by atoms with Crippen LogP contribution in [-0.2, 0) is 23.1 Å². The normalized spacial score (nSPS) is 15.2. The molecule has 1 aliphatic heterocycles. The van der Waals surface area contributed by atoms with E-state index < -0.39 is 15.6 Å². The fourth-order valence-electron chi connectivity index (χ4n) is 4.56. The molecule has 0 amide bonds. The molecule has 0 N–H and O–H groups in total. The molecule has 1 saturated heterocycles. The predicted octanol–water partition coefficient (Wildman–Crippen LogP) is 3.90. The number of hydrogen-bond acceptors (Lipinski definition) is 4. The standard InChI is InChI=1S/C26H30FN3O4S/c1-19-15-24(20(2)30(19)16-21-7-9-22(27)10-8-21)25(31)18-28-17-23(11-12-26(28)32)35(33,34)29-13-5-3-4-6-14-29/h7-12,15,17H,3-6,13-14,16,18H2,1-2H3. The number of hydrogen-bond donors (Lipinski definition) is 0. The summed E-state index contributed by atoms with van der Waals surface area (Å²) in [5.74, 6) is -0.592. The molecule has 0 radical (unpaired) electrons. The first-order chi connectivity index (χ1) is 16.7. The topological polar surface area (TPSA) is 81.4 Å². The van der Waals surface area contributed by atoms with E-state index >= 15 is 0 Å². The van der Waals surface area contributed by atoms with Gasteiger partial charge in [0, 0.05) is 48.8 Å². The van der Waals surface area contributed by atoms with E-state index in [1.165, 1.54) is 39.3 Å². The lowest BCUT2D eigenvalue weighted by Crippen LogP contribution is -2.33. The number of rotatable bonds is 7. The van der Waals surface area contributed by atoms with Crippen LogP contribution in [0.25, 0.3) is 0 Å². The summed E-state index contributed by atoms with van der Waals surface area (Å²) in [5.41, 5.74) is 2.53. The second kappa shape index (κ2) is 10.3. The zero-order chi connectivity index (χ0) is 25.2. The van der Waals surface area contributed by atoms with Crippen molar-refractivity contribution in [3.63, 3.8) is 0 Å². The lowest BCUT2D eigenvalue weighted by Gasteiger charge is -2.20. The van der Waals surface area contributed by atoms with Crippen LogP contribution in [0, 0.1) is 19.7 Å². The Morgan fingerprint density at radius 3 is 2.29 bits per heavy atom. The van der Waals surface area contributed by atoms with Gasteiger partial charge in [0.25, 0.3) is 5.56 Å². The van der Waals surface area contributed by atoms with Crippen molar-refractivity contribution >= 4 is 15.8 Å². The maximum atomic E-state index is 13.2. The Morgan fingerprint density at radius 2 is 1.63 bits per heavy atom. The molecular formula is C26H30FN3O4S. The number of sulfonamides is 1. The van der Waals surface area contributed by atoms with E-state index in [1.54, 1.807) is 18.2 Å². The third-order valence-electron chi connectivity index (χ3n) is 6.60. The van der Waals surface area contributed by atoms with Gasteiger partial charge in [-0.2, -0.15) is 4.31 Å². The average Bonchev–Trinajstić information content (AvgIpc) is 3.01. The molecule has 0 saturated carbocycles. The van der Waals surface area contributed by atoms with Crippen molar-refractivity contribution in [3.05, 3.63) is 87.3 Å². The van der Waals surface area contributed by atoms with Crippen LogP contribution >= 0.6 is 0 Å². The van der Waals surface area contributed by atoms with Crippen molar-refractivity contribution in [3.8, 4) is 0 Å². The fourth-order valence-corrected chi connectivity index (χ4v) is 6.09. The maximum Gasteiger partial charge on any atom is 0.251 e. The number of aromatic nitrogens is 2. The molecule has 1 aromatic carbocycles. The highest BCUT2D eigenvalue weighted by Gasteiger charge is 2.26. The molecule has 0 unspecified atom stereocenters. The summed E-state index contributed by atoms with van der Waals surface area (Å²) in [7, 11) is -3.74. The van der Waals surface area contributed by atoms with E-state index in [0.717, 1.165) is 42.6 Å². The van der Waals surface area contributed by atoms with Crippen LogP contribution in [0.3, 0.4) is 0 Å². The molecule has 2 aromatic heterocycles. The number of pyridine rings is 1. The van der Waals surface area contributed by atoms with Crippen LogP contribution in [0.5, 0.6) is 0 Å². The Balaban J connectivity index is 1.57. The van der Waals surface area contributed by atoms with Gasteiger partial charge in [0.05, 0.1) is 11.4 Å². The van der Waals surface area contributed by atoms with Crippen molar-refractivity contribution in [2.45, 2.75) is 57.5 Å². The van der Waals surface area contributed by atoms with Gasteiger partial charge in [-0.3, -0.25) is 9.59 Å². The van der Waals surface area contributed by atoms with E-state index in [0.29, 0.717) is 25.2 Å². The summed E-state index contributed by atoms with van der Waals surface area (Å²) < 4.78 is 44.1. The third kappa shape index (κ3) is 5.46. The van der Waals surface area contributed by atoms with Crippen molar-refractivity contribution in [1.82, 2.24) is 13.4 Å². The van der Waals surface area contributed by atoms with Gasteiger partial charge in [-0.25, -0.2) is 12.8 Å². The molecule has 186 valence electrons. The number of nitrogens with zero attached hydrogens (tertiary/aromatic N) is 3. The highest BCUT2D eigenvalue weighted by molar-refractivity contribution is 7.89. The largest absolute Gasteiger partial charge is 0.344 e. The number of ketones is 1. The molecule has 0 aliphatic carbocycles. The third-order valence-corrected chi connectivity index (χ3v) is 8.48. The minimum absolute atomic E-state index is 0.0218. The van der Waals surface area contributed by atoms with Crippen LogP contribution in [-0.4, -0.2) is 40.7 Å². The van der Waals surface area contributed by atoms with E-state index in [2.05, 4.69) is 0 Å². The van der Waals surface area contributed by atoms with Crippen molar-refractivity contribution in [2.75, 3.05) is 13.1 Å². The van der Waals surface area contributed by atoms with Gasteiger partial charge in [-0.05, 0) is 56.5 Å². The van der Waals surface area contributed by atoms with Gasteiger partial charge < -0.3 is 9.13 Å². The van der Waals surface area contributed by atoms with E-state index in [1.807, 2.05) is 18.4 Å². The van der Waals surface area contributed by atoms with Gasteiger partial charge in [0.2, 0.25) is 10.0 Å². The summed E-state index contributed by atoms with van der Waals surface area (Å²) in [6.07, 6.45) is 4.90. The smallest absolute Gasteiger partial charge is 0.251 e. The fraction of sp³-hybridized carbons (Fsp3) is 0.385. The molecule has 1 aliphatic rings. The molecule has 1 fully saturated rings. The number of carbonyl (C=O) groups excluding carboxylic acids is 1. The lowest BCUT2D eigenvalue weighted by molar-refractivity contribution is 0.0969. The Bertz CT molecular complexity index is 1380. The Hall–Kier alpha value is -3.04. The summed E-state index contributed by atoms with van der Waals surface area (Å²) in [5, 5.41) is 0. The Kier molecular flexibility index (Phi) is 7.37. The van der Waals surface area contributed by atoms with Gasteiger partial charge in [0.15, 0.2) is 5.78 Å². The van der Waals surface area contributed by atoms with Crippen LogP contribution in [0.1, 0.15) is 53.0 Å². The number of halogens is 1. The van der Waals surface area contributed by atoms with Crippen molar-refractivity contribution in [2.24, 2.45) is 0 Å². The molecular weight excluding hydrogens is 469 g/mol. The number of benzene rings is 1. The summed E-state index contributed by atoms with van der Waals surface area (Å²) in [6, 6.07) is 10.5. The first-order valence-corrected chi connectivity index (χ1v) is 13.3. The molecule has 4 rings (SSSR count). The molecule has 9 heteroatoms. The zero-order valence-electron chi connectivity index (χ0n) is 20.0. The van der Waals surface area contributed by atoms with Gasteiger partial charge in [0.1, 0.15) is 5.82 Å². The average molecular weight is 500 g/mol. The Labute approximate surface area is 204 Å². The first-order valence-electron chi connectivity index (χ1n) is 11.8. The molecule has 3 heterocycles. The number of Topliss-reactive ketones (excluding diaryl/α,β-unsaturated/α-hetero) is 1. The zero-order valence-corrected chi connectivity index (χ0v) is 20.9. The van der Waals surface area contributed by atoms with Gasteiger partial charge in [-0.15, -0.1) is 0 Å². The molecule has 0 bridgehead atoms. The second-order valence-electron chi connectivity index (χ2n) is 9.07. The lowest BCUT2D eigenvalue weighted by atomic mass is 10.1. The minimum Gasteiger partial charge on any atom is -0.344 e. The SMILES string of the molecule is Cc1cc(C(=O)Cn2cc(S(=O)(=O)N3CCCCCC3)ccc2=O)c(C)n1Cc1ccc(F)cc1. The van der Waals surface area contributed by atoms with Crippen molar-refractivity contribution in [1.29, 1.82) is 0 Å². The van der Waals surface area contributed by atoms with Crippen LogP contribution in [0.15, 0.2) is 58.4 Å². The van der Waals surface area contributed by atoms with E-state index in [4.69, 9.17) is 0 Å². The van der Waals surface area contributed by atoms with Gasteiger partial charge in [-0.1, -0.05) is 25.0 Å². The summed E-state index contributed by atoms with van der Waals surface area (Å²) >= 11 is 0. The van der Waals surface area contributed by atoms with E-state index in [-0.39, 0.29) is 23.0 Å². The Morgan fingerprint density at radius 1 is 0.971 bits per heavy atom. The first kappa shape index (κ1) is 25.1. The van der Waals surface area contributed by atoms with Crippen molar-refractivity contribution < 1.29 is 17.6 Å². The quantitative estimate of drug-likeness (QED) is 0.462.